The van der Waals surface area contributed by atoms with E-state index in [9.17, 15) is 9.59 Å². The van der Waals surface area contributed by atoms with Crippen molar-refractivity contribution >= 4 is 24.2 Å². The zero-order valence-electron chi connectivity index (χ0n) is 10.4. The van der Waals surface area contributed by atoms with Crippen LogP contribution in [-0.2, 0) is 9.59 Å². The second kappa shape index (κ2) is 6.81. The lowest BCUT2D eigenvalue weighted by molar-refractivity contribution is -0.138. The number of hydrogen-bond donors (Lipinski definition) is 2. The molecule has 0 radical (unpaired) electrons. The fourth-order valence-corrected chi connectivity index (χ4v) is 2.03. The van der Waals surface area contributed by atoms with Crippen LogP contribution in [0.1, 0.15) is 33.1 Å². The predicted octanol–water partition coefficient (Wildman–Crippen LogP) is 0.258. The zero-order valence-corrected chi connectivity index (χ0v) is 11.2. The fourth-order valence-electron chi connectivity index (χ4n) is 2.03. The van der Waals surface area contributed by atoms with Crippen molar-refractivity contribution in [2.24, 2.45) is 17.4 Å². The van der Waals surface area contributed by atoms with E-state index in [0.717, 1.165) is 12.8 Å². The summed E-state index contributed by atoms with van der Waals surface area (Å²) in [5.41, 5.74) is 11.0. The smallest absolute Gasteiger partial charge is 0.239 e. The van der Waals surface area contributed by atoms with E-state index in [4.69, 9.17) is 11.5 Å². The van der Waals surface area contributed by atoms with Crippen molar-refractivity contribution in [1.29, 1.82) is 0 Å². The van der Waals surface area contributed by atoms with E-state index in [1.807, 2.05) is 13.8 Å². The molecule has 5 nitrogen and oxygen atoms in total. The number of primary amides is 1. The second-order valence-electron chi connectivity index (χ2n) is 4.53. The SMILES string of the molecule is CC[C@H](N)C(=O)N1CC(C(N)=O)CCC1C.Cl. The Morgan fingerprint density at radius 3 is 2.47 bits per heavy atom. The van der Waals surface area contributed by atoms with E-state index >= 15 is 0 Å². The van der Waals surface area contributed by atoms with Gasteiger partial charge in [-0.05, 0) is 26.2 Å². The molecular formula is C11H22ClN3O2. The Morgan fingerprint density at radius 1 is 1.41 bits per heavy atom. The van der Waals surface area contributed by atoms with E-state index in [2.05, 4.69) is 0 Å². The minimum atomic E-state index is -0.464. The van der Waals surface area contributed by atoms with Gasteiger partial charge in [0.05, 0.1) is 12.0 Å². The van der Waals surface area contributed by atoms with Gasteiger partial charge >= 0.3 is 0 Å². The normalized spacial score (nSPS) is 25.9. The lowest BCUT2D eigenvalue weighted by Gasteiger charge is -2.38. The van der Waals surface area contributed by atoms with Crippen LogP contribution in [-0.4, -0.2) is 35.3 Å². The molecule has 1 aliphatic rings. The molecule has 1 aliphatic heterocycles. The van der Waals surface area contributed by atoms with Crippen molar-refractivity contribution < 1.29 is 9.59 Å². The molecule has 2 unspecified atom stereocenters. The van der Waals surface area contributed by atoms with E-state index in [1.54, 1.807) is 4.90 Å². The van der Waals surface area contributed by atoms with E-state index in [0.29, 0.717) is 13.0 Å². The highest BCUT2D eigenvalue weighted by Crippen LogP contribution is 2.22. The zero-order chi connectivity index (χ0) is 12.3. The summed E-state index contributed by atoms with van der Waals surface area (Å²) in [6.07, 6.45) is 2.20. The van der Waals surface area contributed by atoms with Crippen LogP contribution >= 0.6 is 12.4 Å². The Morgan fingerprint density at radius 2 is 2.00 bits per heavy atom. The number of carbonyl (C=O) groups excluding carboxylic acids is 2. The van der Waals surface area contributed by atoms with Crippen LogP contribution in [0.3, 0.4) is 0 Å². The molecule has 1 rings (SSSR count). The first-order valence-corrected chi connectivity index (χ1v) is 5.82. The molecule has 0 saturated carbocycles. The van der Waals surface area contributed by atoms with Crippen LogP contribution in [0, 0.1) is 5.92 Å². The van der Waals surface area contributed by atoms with Gasteiger partial charge in [0.15, 0.2) is 0 Å². The minimum absolute atomic E-state index is 0. The molecule has 0 aromatic carbocycles. The number of carbonyl (C=O) groups is 2. The van der Waals surface area contributed by atoms with Gasteiger partial charge in [0.2, 0.25) is 11.8 Å². The number of rotatable bonds is 3. The molecule has 1 heterocycles. The third-order valence-corrected chi connectivity index (χ3v) is 3.32. The number of nitrogens with zero attached hydrogens (tertiary/aromatic N) is 1. The van der Waals surface area contributed by atoms with Gasteiger partial charge in [-0.15, -0.1) is 12.4 Å². The van der Waals surface area contributed by atoms with Crippen molar-refractivity contribution in [3.05, 3.63) is 0 Å². The summed E-state index contributed by atoms with van der Waals surface area (Å²) in [6, 6.07) is -0.310. The Labute approximate surface area is 108 Å². The Hall–Kier alpha value is -0.810. The van der Waals surface area contributed by atoms with Crippen LogP contribution in [0.5, 0.6) is 0 Å². The number of piperidine rings is 1. The summed E-state index contributed by atoms with van der Waals surface area (Å²) >= 11 is 0. The predicted molar refractivity (Wildman–Crippen MR) is 68.6 cm³/mol. The quantitative estimate of drug-likeness (QED) is 0.765. The molecule has 1 saturated heterocycles. The van der Waals surface area contributed by atoms with E-state index in [-0.39, 0.29) is 36.2 Å². The maximum absolute atomic E-state index is 12.0. The minimum Gasteiger partial charge on any atom is -0.369 e. The van der Waals surface area contributed by atoms with Gasteiger partial charge in [0.1, 0.15) is 0 Å². The van der Waals surface area contributed by atoms with Crippen molar-refractivity contribution in [3.63, 3.8) is 0 Å². The Balaban J connectivity index is 0.00000256. The van der Waals surface area contributed by atoms with Gasteiger partial charge in [-0.1, -0.05) is 6.92 Å². The number of hydrogen-bond acceptors (Lipinski definition) is 3. The average Bonchev–Trinajstić information content (AvgIpc) is 2.27. The first kappa shape index (κ1) is 16.2. The Bertz CT molecular complexity index is 286. The molecule has 0 aliphatic carbocycles. The molecule has 0 aromatic heterocycles. The molecule has 1 fully saturated rings. The molecule has 0 spiro atoms. The topological polar surface area (TPSA) is 89.4 Å². The van der Waals surface area contributed by atoms with Gasteiger partial charge in [0, 0.05) is 12.6 Å². The maximum atomic E-state index is 12.0. The highest BCUT2D eigenvalue weighted by atomic mass is 35.5. The molecule has 0 bridgehead atoms. The molecule has 17 heavy (non-hydrogen) atoms. The molecule has 100 valence electrons. The van der Waals surface area contributed by atoms with Gasteiger partial charge < -0.3 is 16.4 Å². The first-order chi connectivity index (χ1) is 7.47. The highest BCUT2D eigenvalue weighted by Gasteiger charge is 2.33. The summed E-state index contributed by atoms with van der Waals surface area (Å²) in [7, 11) is 0. The van der Waals surface area contributed by atoms with Gasteiger partial charge in [0.25, 0.3) is 0 Å². The molecule has 0 aromatic rings. The molecule has 3 atom stereocenters. The summed E-state index contributed by atoms with van der Waals surface area (Å²) < 4.78 is 0. The molecule has 6 heteroatoms. The van der Waals surface area contributed by atoms with Crippen molar-refractivity contribution in [3.8, 4) is 0 Å². The lowest BCUT2D eigenvalue weighted by atomic mass is 9.92. The van der Waals surface area contributed by atoms with Crippen LogP contribution in [0.2, 0.25) is 0 Å². The number of likely N-dealkylation sites (tertiary alicyclic amines) is 1. The number of nitrogens with two attached hydrogens (primary N) is 2. The van der Waals surface area contributed by atoms with Crippen LogP contribution < -0.4 is 11.5 Å². The van der Waals surface area contributed by atoms with Gasteiger partial charge in [-0.25, -0.2) is 0 Å². The second-order valence-corrected chi connectivity index (χ2v) is 4.53. The summed E-state index contributed by atoms with van der Waals surface area (Å²) in [4.78, 5) is 24.8. The summed E-state index contributed by atoms with van der Waals surface area (Å²) in [5.74, 6) is -0.611. The van der Waals surface area contributed by atoms with E-state index in [1.165, 1.54) is 0 Å². The van der Waals surface area contributed by atoms with E-state index < -0.39 is 6.04 Å². The number of amides is 2. The summed E-state index contributed by atoms with van der Waals surface area (Å²) in [6.45, 7) is 4.28. The maximum Gasteiger partial charge on any atom is 0.239 e. The largest absolute Gasteiger partial charge is 0.369 e. The van der Waals surface area contributed by atoms with Crippen molar-refractivity contribution in [2.75, 3.05) is 6.54 Å². The highest BCUT2D eigenvalue weighted by molar-refractivity contribution is 5.85. The molecule has 4 N–H and O–H groups in total. The lowest BCUT2D eigenvalue weighted by Crippen LogP contribution is -2.53. The summed E-state index contributed by atoms with van der Waals surface area (Å²) in [5, 5.41) is 0. The van der Waals surface area contributed by atoms with Crippen LogP contribution in [0.4, 0.5) is 0 Å². The van der Waals surface area contributed by atoms with Gasteiger partial charge in [-0.2, -0.15) is 0 Å². The van der Waals surface area contributed by atoms with Crippen LogP contribution in [0.25, 0.3) is 0 Å². The average molecular weight is 264 g/mol. The van der Waals surface area contributed by atoms with Crippen molar-refractivity contribution in [1.82, 2.24) is 4.90 Å². The number of halogens is 1. The van der Waals surface area contributed by atoms with Crippen LogP contribution in [0.15, 0.2) is 0 Å². The van der Waals surface area contributed by atoms with Crippen molar-refractivity contribution in [2.45, 2.75) is 45.2 Å². The third-order valence-electron chi connectivity index (χ3n) is 3.32. The molecular weight excluding hydrogens is 242 g/mol. The Kier molecular flexibility index (Phi) is 6.49. The molecule has 2 amide bonds. The first-order valence-electron chi connectivity index (χ1n) is 5.82. The third kappa shape index (κ3) is 3.85. The monoisotopic (exact) mass is 263 g/mol. The van der Waals surface area contributed by atoms with Gasteiger partial charge in [-0.3, -0.25) is 9.59 Å². The standard InChI is InChI=1S/C11H21N3O2.ClH/c1-3-9(12)11(16)14-6-8(10(13)15)5-4-7(14)2;/h7-9H,3-6,12H2,1-2H3,(H2,13,15);1H/t7?,8?,9-;/m0./s1. The fraction of sp³-hybridized carbons (Fsp3) is 0.818.